The normalized spacial score (nSPS) is 14.9. The van der Waals surface area contributed by atoms with Crippen LogP contribution < -0.4 is 10.2 Å². The number of ether oxygens (including phenoxy) is 1. The Bertz CT molecular complexity index is 811. The molecule has 0 bridgehead atoms. The van der Waals surface area contributed by atoms with Crippen LogP contribution in [0.4, 0.5) is 0 Å². The minimum absolute atomic E-state index is 0.0838. The Balaban J connectivity index is 1.63. The molecule has 0 fully saturated rings. The second kappa shape index (κ2) is 8.15. The summed E-state index contributed by atoms with van der Waals surface area (Å²) in [6.07, 6.45) is 2.98. The van der Waals surface area contributed by atoms with Crippen molar-refractivity contribution in [3.05, 3.63) is 62.0 Å². The van der Waals surface area contributed by atoms with Gasteiger partial charge in [-0.1, -0.05) is 40.2 Å². The van der Waals surface area contributed by atoms with Crippen LogP contribution >= 0.6 is 31.9 Å². The first-order chi connectivity index (χ1) is 12.0. The zero-order valence-corrected chi connectivity index (χ0v) is 17.0. The second-order valence-corrected chi connectivity index (χ2v) is 7.70. The van der Waals surface area contributed by atoms with Gasteiger partial charge < -0.3 is 4.74 Å². The summed E-state index contributed by atoms with van der Waals surface area (Å²) in [6, 6.07) is 12.0. The maximum absolute atomic E-state index is 12.1. The summed E-state index contributed by atoms with van der Waals surface area (Å²) in [5.41, 5.74) is 6.90. The van der Waals surface area contributed by atoms with Crippen molar-refractivity contribution in [3.8, 4) is 5.75 Å². The average molecular weight is 466 g/mol. The van der Waals surface area contributed by atoms with Crippen molar-refractivity contribution in [3.63, 3.8) is 0 Å². The lowest BCUT2D eigenvalue weighted by Crippen LogP contribution is -2.27. The van der Waals surface area contributed by atoms with Crippen LogP contribution in [0.3, 0.4) is 0 Å². The molecule has 1 aliphatic carbocycles. The number of hydrogen-bond donors (Lipinski definition) is 1. The standard InChI is InChI=1S/C19H18Br2N2O2/c1-12-9-14(20)10-16(21)19(12)25-11-18(24)23-22-17-8-4-6-13-5-2-3-7-15(13)17/h2-3,5,7,9-10H,4,6,8,11H2,1H3,(H,23,24). The summed E-state index contributed by atoms with van der Waals surface area (Å²) >= 11 is 6.88. The highest BCUT2D eigenvalue weighted by atomic mass is 79.9. The Morgan fingerprint density at radius 3 is 2.84 bits per heavy atom. The molecular formula is C19H18Br2N2O2. The molecule has 1 aliphatic rings. The number of benzene rings is 2. The zero-order valence-electron chi connectivity index (χ0n) is 13.8. The Morgan fingerprint density at radius 2 is 2.04 bits per heavy atom. The molecular weight excluding hydrogens is 448 g/mol. The van der Waals surface area contributed by atoms with Crippen molar-refractivity contribution < 1.29 is 9.53 Å². The minimum Gasteiger partial charge on any atom is -0.482 e. The second-order valence-electron chi connectivity index (χ2n) is 5.93. The number of carbonyl (C=O) groups is 1. The Morgan fingerprint density at radius 1 is 1.24 bits per heavy atom. The number of fused-ring (bicyclic) bond motifs is 1. The van der Waals surface area contributed by atoms with E-state index in [9.17, 15) is 4.79 Å². The largest absolute Gasteiger partial charge is 0.482 e. The van der Waals surface area contributed by atoms with Gasteiger partial charge in [0.2, 0.25) is 0 Å². The maximum atomic E-state index is 12.1. The summed E-state index contributed by atoms with van der Waals surface area (Å²) in [6.45, 7) is 1.85. The highest BCUT2D eigenvalue weighted by Crippen LogP contribution is 2.32. The van der Waals surface area contributed by atoms with Crippen molar-refractivity contribution >= 4 is 43.5 Å². The van der Waals surface area contributed by atoms with Gasteiger partial charge in [0.25, 0.3) is 5.91 Å². The topological polar surface area (TPSA) is 50.7 Å². The van der Waals surface area contributed by atoms with E-state index in [4.69, 9.17) is 4.74 Å². The molecule has 0 saturated carbocycles. The SMILES string of the molecule is Cc1cc(Br)cc(Br)c1OCC(=O)NN=C1CCCc2ccccc21. The van der Waals surface area contributed by atoms with E-state index in [1.165, 1.54) is 5.56 Å². The molecule has 0 spiro atoms. The van der Waals surface area contributed by atoms with Gasteiger partial charge in [-0.3, -0.25) is 4.79 Å². The van der Waals surface area contributed by atoms with Crippen LogP contribution in [-0.4, -0.2) is 18.2 Å². The van der Waals surface area contributed by atoms with Crippen LogP contribution in [0.2, 0.25) is 0 Å². The third-order valence-electron chi connectivity index (χ3n) is 4.05. The number of rotatable bonds is 4. The van der Waals surface area contributed by atoms with Crippen LogP contribution in [-0.2, 0) is 11.2 Å². The predicted octanol–water partition coefficient (Wildman–Crippen LogP) is 4.76. The molecule has 4 nitrogen and oxygen atoms in total. The first-order valence-electron chi connectivity index (χ1n) is 8.06. The number of carbonyl (C=O) groups excluding carboxylic acids is 1. The average Bonchev–Trinajstić information content (AvgIpc) is 2.59. The number of aryl methyl sites for hydroxylation is 2. The smallest absolute Gasteiger partial charge is 0.277 e. The fourth-order valence-electron chi connectivity index (χ4n) is 2.89. The lowest BCUT2D eigenvalue weighted by molar-refractivity contribution is -0.123. The first kappa shape index (κ1) is 18.1. The van der Waals surface area contributed by atoms with Crippen LogP contribution in [0.15, 0.2) is 50.4 Å². The molecule has 3 rings (SSSR count). The van der Waals surface area contributed by atoms with Crippen molar-refractivity contribution in [2.45, 2.75) is 26.2 Å². The van der Waals surface area contributed by atoms with E-state index in [0.29, 0.717) is 5.75 Å². The summed E-state index contributed by atoms with van der Waals surface area (Å²) in [5.74, 6) is 0.388. The van der Waals surface area contributed by atoms with Crippen molar-refractivity contribution in [2.24, 2.45) is 5.10 Å². The number of halogens is 2. The molecule has 25 heavy (non-hydrogen) atoms. The van der Waals surface area contributed by atoms with Gasteiger partial charge in [-0.25, -0.2) is 5.43 Å². The van der Waals surface area contributed by atoms with Crippen molar-refractivity contribution in [2.75, 3.05) is 6.61 Å². The molecule has 6 heteroatoms. The minimum atomic E-state index is -0.273. The van der Waals surface area contributed by atoms with E-state index < -0.39 is 0 Å². The van der Waals surface area contributed by atoms with Gasteiger partial charge in [-0.15, -0.1) is 0 Å². The zero-order chi connectivity index (χ0) is 17.8. The predicted molar refractivity (Wildman–Crippen MR) is 106 cm³/mol. The highest BCUT2D eigenvalue weighted by molar-refractivity contribution is 9.11. The lowest BCUT2D eigenvalue weighted by atomic mass is 9.90. The Labute approximate surface area is 163 Å². The Hall–Kier alpha value is -1.66. The number of hydrazone groups is 1. The van der Waals surface area contributed by atoms with Gasteiger partial charge >= 0.3 is 0 Å². The van der Waals surface area contributed by atoms with Gasteiger partial charge in [-0.05, 0) is 65.4 Å². The molecule has 1 N–H and O–H groups in total. The van der Waals surface area contributed by atoms with Gasteiger partial charge in [-0.2, -0.15) is 5.10 Å². The number of amides is 1. The van der Waals surface area contributed by atoms with E-state index in [0.717, 1.165) is 45.0 Å². The fourth-order valence-corrected chi connectivity index (χ4v) is 4.44. The molecule has 0 aromatic heterocycles. The molecule has 0 unspecified atom stereocenters. The summed E-state index contributed by atoms with van der Waals surface area (Å²) in [7, 11) is 0. The third-order valence-corrected chi connectivity index (χ3v) is 5.09. The molecule has 1 amide bonds. The van der Waals surface area contributed by atoms with Gasteiger partial charge in [0.05, 0.1) is 10.2 Å². The molecule has 0 aliphatic heterocycles. The van der Waals surface area contributed by atoms with Gasteiger partial charge in [0, 0.05) is 10.0 Å². The third kappa shape index (κ3) is 4.50. The molecule has 0 saturated heterocycles. The van der Waals surface area contributed by atoms with E-state index >= 15 is 0 Å². The summed E-state index contributed by atoms with van der Waals surface area (Å²) in [5, 5.41) is 4.31. The first-order valence-corrected chi connectivity index (χ1v) is 9.65. The van der Waals surface area contributed by atoms with E-state index in [1.807, 2.05) is 31.2 Å². The molecule has 2 aromatic carbocycles. The van der Waals surface area contributed by atoms with Crippen molar-refractivity contribution in [1.29, 1.82) is 0 Å². The summed E-state index contributed by atoms with van der Waals surface area (Å²) < 4.78 is 7.40. The van der Waals surface area contributed by atoms with E-state index in [1.54, 1.807) is 0 Å². The van der Waals surface area contributed by atoms with Gasteiger partial charge in [0.1, 0.15) is 5.75 Å². The van der Waals surface area contributed by atoms with Crippen LogP contribution in [0, 0.1) is 6.92 Å². The van der Waals surface area contributed by atoms with Crippen LogP contribution in [0.5, 0.6) is 5.75 Å². The molecule has 0 radical (unpaired) electrons. The molecule has 130 valence electrons. The number of hydrogen-bond acceptors (Lipinski definition) is 3. The molecule has 0 heterocycles. The number of nitrogens with zero attached hydrogens (tertiary/aromatic N) is 1. The van der Waals surface area contributed by atoms with Crippen LogP contribution in [0.25, 0.3) is 0 Å². The highest BCUT2D eigenvalue weighted by Gasteiger charge is 2.15. The molecule has 2 aromatic rings. The quantitative estimate of drug-likeness (QED) is 0.662. The van der Waals surface area contributed by atoms with E-state index in [2.05, 4.69) is 54.5 Å². The summed E-state index contributed by atoms with van der Waals surface area (Å²) in [4.78, 5) is 12.1. The lowest BCUT2D eigenvalue weighted by Gasteiger charge is -2.17. The monoisotopic (exact) mass is 464 g/mol. The van der Waals surface area contributed by atoms with E-state index in [-0.39, 0.29) is 12.5 Å². The van der Waals surface area contributed by atoms with Gasteiger partial charge in [0.15, 0.2) is 6.61 Å². The number of nitrogens with one attached hydrogen (secondary N) is 1. The Kier molecular flexibility index (Phi) is 5.91. The van der Waals surface area contributed by atoms with Crippen LogP contribution in [0.1, 0.15) is 29.5 Å². The van der Waals surface area contributed by atoms with Crippen molar-refractivity contribution in [1.82, 2.24) is 5.43 Å². The molecule has 0 atom stereocenters. The fraction of sp³-hybridized carbons (Fsp3) is 0.263. The maximum Gasteiger partial charge on any atom is 0.277 e.